The highest BCUT2D eigenvalue weighted by molar-refractivity contribution is 7.95. The monoisotopic (exact) mass is 456 g/mol. The molecule has 1 unspecified atom stereocenters. The normalized spacial score (nSPS) is 13.2. The van der Waals surface area contributed by atoms with E-state index >= 15 is 0 Å². The average molecular weight is 457 g/mol. The molecule has 0 spiro atoms. The van der Waals surface area contributed by atoms with Gasteiger partial charge in [-0.2, -0.15) is 5.10 Å². The Hall–Kier alpha value is -3.21. The van der Waals surface area contributed by atoms with Crippen LogP contribution < -0.4 is 9.86 Å². The molecule has 3 aromatic carbocycles. The third-order valence-corrected chi connectivity index (χ3v) is 7.58. The number of rotatable bonds is 7. The molecule has 8 nitrogen and oxygen atoms in total. The summed E-state index contributed by atoms with van der Waals surface area (Å²) in [4.78, 5) is 0. The maximum atomic E-state index is 12.8. The smallest absolute Gasteiger partial charge is 0.234 e. The van der Waals surface area contributed by atoms with E-state index in [9.17, 15) is 16.8 Å². The Morgan fingerprint density at radius 1 is 0.903 bits per heavy atom. The second-order valence-corrected chi connectivity index (χ2v) is 10.6. The van der Waals surface area contributed by atoms with Crippen molar-refractivity contribution >= 4 is 36.6 Å². The van der Waals surface area contributed by atoms with Crippen LogP contribution in [0.1, 0.15) is 10.8 Å². The summed E-state index contributed by atoms with van der Waals surface area (Å²) in [6.07, 6.45) is 0. The molecule has 31 heavy (non-hydrogen) atoms. The molecule has 0 bridgehead atoms. The highest BCUT2D eigenvalue weighted by atomic mass is 32.2. The number of primary sulfonamides is 1. The lowest BCUT2D eigenvalue weighted by atomic mass is 10.1. The average Bonchev–Trinajstić information content (AvgIpc) is 3.15. The van der Waals surface area contributed by atoms with Gasteiger partial charge >= 0.3 is 0 Å². The minimum absolute atomic E-state index is 0.298. The molecule has 4 aromatic rings. The summed E-state index contributed by atoms with van der Waals surface area (Å²) in [7, 11) is -8.18. The van der Waals surface area contributed by atoms with Gasteiger partial charge in [0.25, 0.3) is 0 Å². The van der Waals surface area contributed by atoms with Gasteiger partial charge in [0.15, 0.2) is 0 Å². The number of nitrogens with two attached hydrogens (primary N) is 1. The van der Waals surface area contributed by atoms with E-state index in [0.29, 0.717) is 16.9 Å². The van der Waals surface area contributed by atoms with E-state index in [1.165, 1.54) is 12.1 Å². The van der Waals surface area contributed by atoms with Crippen LogP contribution in [-0.2, 0) is 20.0 Å². The Balaban J connectivity index is 1.65. The molecule has 0 fully saturated rings. The van der Waals surface area contributed by atoms with Gasteiger partial charge in [-0.1, -0.05) is 60.7 Å². The number of anilines is 1. The maximum Gasteiger partial charge on any atom is 0.234 e. The van der Waals surface area contributed by atoms with Crippen LogP contribution in [0.15, 0.2) is 78.9 Å². The molecule has 1 aromatic heterocycles. The minimum Gasteiger partial charge on any atom is -0.283 e. The van der Waals surface area contributed by atoms with Crippen LogP contribution >= 0.6 is 0 Å². The third kappa shape index (κ3) is 4.76. The SMILES string of the molecule is NS(=O)(=O)C(CS(=O)(=O)Nc1ccc2[nH]nc(-c3ccccc3)c2c1)c1ccccc1. The molecule has 0 radical (unpaired) electrons. The van der Waals surface area contributed by atoms with Crippen molar-refractivity contribution in [2.24, 2.45) is 5.14 Å². The van der Waals surface area contributed by atoms with E-state index in [4.69, 9.17) is 5.14 Å². The number of nitrogens with zero attached hydrogens (tertiary/aromatic N) is 1. The zero-order valence-electron chi connectivity index (χ0n) is 16.3. The second kappa shape index (κ2) is 8.14. The highest BCUT2D eigenvalue weighted by Crippen LogP contribution is 2.29. The Kier molecular flexibility index (Phi) is 5.52. The predicted octanol–water partition coefficient (Wildman–Crippen LogP) is 3.00. The van der Waals surface area contributed by atoms with Crippen LogP contribution in [-0.4, -0.2) is 32.8 Å². The Morgan fingerprint density at radius 2 is 1.55 bits per heavy atom. The van der Waals surface area contributed by atoms with Gasteiger partial charge in [0, 0.05) is 16.6 Å². The van der Waals surface area contributed by atoms with Crippen molar-refractivity contribution in [3.63, 3.8) is 0 Å². The van der Waals surface area contributed by atoms with Crippen LogP contribution in [0.5, 0.6) is 0 Å². The van der Waals surface area contributed by atoms with Gasteiger partial charge in [0.05, 0.1) is 17.0 Å². The molecular formula is C21H20N4O4S2. The Morgan fingerprint density at radius 3 is 2.19 bits per heavy atom. The van der Waals surface area contributed by atoms with Crippen LogP contribution in [0.3, 0.4) is 0 Å². The summed E-state index contributed by atoms with van der Waals surface area (Å²) < 4.78 is 52.2. The molecule has 0 aliphatic rings. The first-order valence-corrected chi connectivity index (χ1v) is 12.6. The molecule has 0 amide bonds. The Bertz CT molecular complexity index is 1420. The van der Waals surface area contributed by atoms with Gasteiger partial charge in [0.2, 0.25) is 20.0 Å². The van der Waals surface area contributed by atoms with E-state index < -0.39 is 31.0 Å². The molecule has 0 aliphatic carbocycles. The number of nitrogens with one attached hydrogen (secondary N) is 2. The second-order valence-electron chi connectivity index (χ2n) is 7.07. The van der Waals surface area contributed by atoms with E-state index in [2.05, 4.69) is 14.9 Å². The molecule has 160 valence electrons. The van der Waals surface area contributed by atoms with Crippen molar-refractivity contribution < 1.29 is 16.8 Å². The van der Waals surface area contributed by atoms with Crippen molar-refractivity contribution in [3.8, 4) is 11.3 Å². The molecule has 0 saturated carbocycles. The van der Waals surface area contributed by atoms with Crippen molar-refractivity contribution in [3.05, 3.63) is 84.4 Å². The summed E-state index contributed by atoms with van der Waals surface area (Å²) in [6.45, 7) is 0. The van der Waals surface area contributed by atoms with Gasteiger partial charge in [-0.25, -0.2) is 22.0 Å². The van der Waals surface area contributed by atoms with Crippen LogP contribution in [0.4, 0.5) is 5.69 Å². The van der Waals surface area contributed by atoms with Crippen molar-refractivity contribution in [2.75, 3.05) is 10.5 Å². The van der Waals surface area contributed by atoms with Crippen LogP contribution in [0.2, 0.25) is 0 Å². The van der Waals surface area contributed by atoms with Gasteiger partial charge in [-0.15, -0.1) is 0 Å². The fourth-order valence-corrected chi connectivity index (χ4v) is 6.36. The number of benzene rings is 3. The molecule has 4 N–H and O–H groups in total. The summed E-state index contributed by atoms with van der Waals surface area (Å²) in [5.74, 6) is -0.704. The highest BCUT2D eigenvalue weighted by Gasteiger charge is 2.30. The summed E-state index contributed by atoms with van der Waals surface area (Å²) in [6, 6.07) is 22.5. The third-order valence-electron chi connectivity index (χ3n) is 4.82. The molecule has 0 saturated heterocycles. The largest absolute Gasteiger partial charge is 0.283 e. The maximum absolute atomic E-state index is 12.8. The lowest BCUT2D eigenvalue weighted by molar-refractivity contribution is 0.579. The zero-order valence-corrected chi connectivity index (χ0v) is 17.9. The topological polar surface area (TPSA) is 135 Å². The molecular weight excluding hydrogens is 436 g/mol. The van der Waals surface area contributed by atoms with Crippen molar-refractivity contribution in [1.29, 1.82) is 0 Å². The number of sulfonamides is 2. The first kappa shape index (κ1) is 21.0. The van der Waals surface area contributed by atoms with Crippen LogP contribution in [0, 0.1) is 0 Å². The quantitative estimate of drug-likeness (QED) is 0.393. The van der Waals surface area contributed by atoms with Gasteiger partial charge in [0.1, 0.15) is 5.25 Å². The summed E-state index contributed by atoms with van der Waals surface area (Å²) >= 11 is 0. The molecule has 0 aliphatic heterocycles. The van der Waals surface area contributed by atoms with E-state index in [-0.39, 0.29) is 0 Å². The molecule has 4 rings (SSSR count). The lowest BCUT2D eigenvalue weighted by Gasteiger charge is -2.16. The standard InChI is InChI=1S/C21H20N4O4S2/c22-31(28,29)20(15-7-3-1-4-8-15)14-30(26,27)25-17-11-12-19-18(13-17)21(24-23-19)16-9-5-2-6-10-16/h1-13,20,25H,14H2,(H,23,24)(H2,22,28,29). The summed E-state index contributed by atoms with van der Waals surface area (Å²) in [5.41, 5.74) is 2.92. The number of aromatic nitrogens is 2. The number of aromatic amines is 1. The van der Waals surface area contributed by atoms with Crippen LogP contribution in [0.25, 0.3) is 22.2 Å². The first-order chi connectivity index (χ1) is 14.7. The molecule has 1 atom stereocenters. The van der Waals surface area contributed by atoms with E-state index in [1.807, 2.05) is 30.3 Å². The minimum atomic E-state index is -4.15. The van der Waals surface area contributed by atoms with Crippen molar-refractivity contribution in [1.82, 2.24) is 10.2 Å². The fourth-order valence-electron chi connectivity index (χ4n) is 3.36. The van der Waals surface area contributed by atoms with Gasteiger partial charge in [-0.05, 0) is 23.8 Å². The zero-order chi connectivity index (χ0) is 22.1. The van der Waals surface area contributed by atoms with Gasteiger partial charge < -0.3 is 0 Å². The number of H-pyrrole nitrogens is 1. The number of hydrogen-bond acceptors (Lipinski definition) is 5. The van der Waals surface area contributed by atoms with Gasteiger partial charge in [-0.3, -0.25) is 9.82 Å². The summed E-state index contributed by atoms with van der Waals surface area (Å²) in [5, 5.41) is 11.9. The molecule has 1 heterocycles. The van der Waals surface area contributed by atoms with E-state index in [1.54, 1.807) is 36.4 Å². The van der Waals surface area contributed by atoms with Crippen molar-refractivity contribution in [2.45, 2.75) is 5.25 Å². The number of hydrogen-bond donors (Lipinski definition) is 3. The fraction of sp³-hybridized carbons (Fsp3) is 0.0952. The molecule has 10 heteroatoms. The number of fused-ring (bicyclic) bond motifs is 1. The Labute approximate surface area is 180 Å². The van der Waals surface area contributed by atoms with E-state index in [0.717, 1.165) is 16.5 Å². The predicted molar refractivity (Wildman–Crippen MR) is 121 cm³/mol. The first-order valence-electron chi connectivity index (χ1n) is 9.33. The lowest BCUT2D eigenvalue weighted by Crippen LogP contribution is -2.30.